The Morgan fingerprint density at radius 2 is 1.27 bits per heavy atom. The summed E-state index contributed by atoms with van der Waals surface area (Å²) in [6.45, 7) is 16.2. The molecule has 4 unspecified atom stereocenters. The van der Waals surface area contributed by atoms with E-state index in [1.54, 1.807) is 0 Å². The standard InChI is InChI=1S/C14H25N/c1-9-10(2)13(4,5)14(6,7)11(3)12(9)8-15/h9-12H,1-7H3. The average molecular weight is 207 g/mol. The summed E-state index contributed by atoms with van der Waals surface area (Å²) in [5.74, 6) is 1.80. The van der Waals surface area contributed by atoms with Crippen LogP contribution in [-0.4, -0.2) is 0 Å². The molecule has 1 aliphatic rings. The summed E-state index contributed by atoms with van der Waals surface area (Å²) in [7, 11) is 0. The first kappa shape index (κ1) is 12.6. The van der Waals surface area contributed by atoms with E-state index in [1.165, 1.54) is 0 Å². The van der Waals surface area contributed by atoms with E-state index in [0.717, 1.165) is 0 Å². The van der Waals surface area contributed by atoms with Crippen molar-refractivity contribution >= 4 is 0 Å². The highest BCUT2D eigenvalue weighted by molar-refractivity contribution is 5.07. The van der Waals surface area contributed by atoms with Crippen molar-refractivity contribution in [3.63, 3.8) is 0 Å². The Balaban J connectivity index is 3.18. The van der Waals surface area contributed by atoms with Crippen LogP contribution in [-0.2, 0) is 0 Å². The van der Waals surface area contributed by atoms with Gasteiger partial charge in [0.15, 0.2) is 0 Å². The monoisotopic (exact) mass is 207 g/mol. The first-order chi connectivity index (χ1) is 6.67. The Labute approximate surface area is 94.9 Å². The summed E-state index contributed by atoms with van der Waals surface area (Å²) in [4.78, 5) is 0. The first-order valence-corrected chi connectivity index (χ1v) is 6.07. The molecule has 0 radical (unpaired) electrons. The highest BCUT2D eigenvalue weighted by atomic mass is 14.6. The van der Waals surface area contributed by atoms with Crippen molar-refractivity contribution in [2.75, 3.05) is 0 Å². The van der Waals surface area contributed by atoms with Crippen molar-refractivity contribution < 1.29 is 0 Å². The largest absolute Gasteiger partial charge is 0.198 e. The quantitative estimate of drug-likeness (QED) is 0.586. The molecular weight excluding hydrogens is 182 g/mol. The van der Waals surface area contributed by atoms with Crippen LogP contribution < -0.4 is 0 Å². The molecule has 0 saturated heterocycles. The van der Waals surface area contributed by atoms with E-state index >= 15 is 0 Å². The molecule has 1 fully saturated rings. The zero-order chi connectivity index (χ0) is 12.0. The van der Waals surface area contributed by atoms with E-state index in [4.69, 9.17) is 0 Å². The minimum atomic E-state index is 0.211. The molecule has 0 aromatic carbocycles. The van der Waals surface area contributed by atoms with Gasteiger partial charge in [-0.15, -0.1) is 0 Å². The number of hydrogen-bond acceptors (Lipinski definition) is 1. The van der Waals surface area contributed by atoms with Crippen molar-refractivity contribution in [3.05, 3.63) is 0 Å². The third-order valence-electron chi connectivity index (χ3n) is 5.98. The zero-order valence-electron chi connectivity index (χ0n) is 11.3. The molecule has 1 heteroatoms. The van der Waals surface area contributed by atoms with Crippen molar-refractivity contribution in [2.45, 2.75) is 48.5 Å². The lowest BCUT2D eigenvalue weighted by Gasteiger charge is -2.58. The molecule has 0 amide bonds. The van der Waals surface area contributed by atoms with Crippen LogP contribution in [0, 0.1) is 45.8 Å². The minimum Gasteiger partial charge on any atom is -0.198 e. The molecule has 1 rings (SSSR count). The van der Waals surface area contributed by atoms with Crippen LogP contribution in [0.1, 0.15) is 48.5 Å². The Kier molecular flexibility index (Phi) is 2.94. The highest BCUT2D eigenvalue weighted by Crippen LogP contribution is 2.59. The van der Waals surface area contributed by atoms with Gasteiger partial charge in [-0.1, -0.05) is 48.5 Å². The van der Waals surface area contributed by atoms with Crippen LogP contribution in [0.4, 0.5) is 0 Å². The third-order valence-corrected chi connectivity index (χ3v) is 5.98. The van der Waals surface area contributed by atoms with Crippen LogP contribution in [0.2, 0.25) is 0 Å². The minimum absolute atomic E-state index is 0.211. The van der Waals surface area contributed by atoms with E-state index in [2.05, 4.69) is 54.5 Å². The van der Waals surface area contributed by atoms with Gasteiger partial charge in [0.05, 0.1) is 12.0 Å². The van der Waals surface area contributed by atoms with Crippen LogP contribution in [0.3, 0.4) is 0 Å². The van der Waals surface area contributed by atoms with Gasteiger partial charge in [-0.05, 0) is 28.6 Å². The maximum absolute atomic E-state index is 9.30. The Morgan fingerprint density at radius 3 is 1.67 bits per heavy atom. The summed E-state index contributed by atoms with van der Waals surface area (Å²) in [5, 5.41) is 9.30. The summed E-state index contributed by atoms with van der Waals surface area (Å²) in [5.41, 5.74) is 0.540. The average Bonchev–Trinajstić information content (AvgIpc) is 2.15. The third kappa shape index (κ3) is 1.50. The molecule has 1 aliphatic carbocycles. The highest BCUT2D eigenvalue weighted by Gasteiger charge is 2.54. The van der Waals surface area contributed by atoms with Gasteiger partial charge in [-0.2, -0.15) is 5.26 Å². The fourth-order valence-corrected chi connectivity index (χ4v) is 3.28. The molecule has 1 saturated carbocycles. The second kappa shape index (κ2) is 3.51. The second-order valence-corrected chi connectivity index (χ2v) is 6.53. The summed E-state index contributed by atoms with van der Waals surface area (Å²) >= 11 is 0. The summed E-state index contributed by atoms with van der Waals surface area (Å²) < 4.78 is 0. The summed E-state index contributed by atoms with van der Waals surface area (Å²) in [6, 6.07) is 2.53. The van der Waals surface area contributed by atoms with E-state index in [1.807, 2.05) is 0 Å². The van der Waals surface area contributed by atoms with Gasteiger partial charge in [0.25, 0.3) is 0 Å². The van der Waals surface area contributed by atoms with Gasteiger partial charge in [-0.25, -0.2) is 0 Å². The van der Waals surface area contributed by atoms with Gasteiger partial charge in [0.2, 0.25) is 0 Å². The molecule has 15 heavy (non-hydrogen) atoms. The van der Waals surface area contributed by atoms with E-state index < -0.39 is 0 Å². The van der Waals surface area contributed by atoms with Crippen molar-refractivity contribution in [1.82, 2.24) is 0 Å². The lowest BCUT2D eigenvalue weighted by atomic mass is 9.46. The fraction of sp³-hybridized carbons (Fsp3) is 0.929. The molecule has 0 heterocycles. The smallest absolute Gasteiger partial charge is 0.0661 e. The molecule has 0 N–H and O–H groups in total. The van der Waals surface area contributed by atoms with Crippen LogP contribution in [0.25, 0.3) is 0 Å². The SMILES string of the molecule is CC1C(C#N)C(C)C(C)(C)C(C)(C)C1C. The first-order valence-electron chi connectivity index (χ1n) is 6.07. The maximum atomic E-state index is 9.30. The van der Waals surface area contributed by atoms with Gasteiger partial charge in [0.1, 0.15) is 0 Å². The van der Waals surface area contributed by atoms with Gasteiger partial charge < -0.3 is 0 Å². The number of hydrogen-bond donors (Lipinski definition) is 0. The van der Waals surface area contributed by atoms with Gasteiger partial charge in [0, 0.05) is 0 Å². The van der Waals surface area contributed by atoms with E-state index in [-0.39, 0.29) is 11.3 Å². The molecule has 86 valence electrons. The van der Waals surface area contributed by atoms with E-state index in [9.17, 15) is 5.26 Å². The molecule has 0 aliphatic heterocycles. The molecule has 0 aromatic rings. The fourth-order valence-electron chi connectivity index (χ4n) is 3.28. The molecular formula is C14H25N. The Bertz CT molecular complexity index is 282. The van der Waals surface area contributed by atoms with Crippen LogP contribution in [0.15, 0.2) is 0 Å². The number of nitriles is 1. The topological polar surface area (TPSA) is 23.8 Å². The molecule has 1 nitrogen and oxygen atoms in total. The predicted octanol–water partition coefficient (Wildman–Crippen LogP) is 4.10. The number of nitrogens with zero attached hydrogens (tertiary/aromatic N) is 1. The molecule has 0 aromatic heterocycles. The lowest BCUT2D eigenvalue weighted by molar-refractivity contribution is -0.0952. The van der Waals surface area contributed by atoms with Crippen LogP contribution in [0.5, 0.6) is 0 Å². The van der Waals surface area contributed by atoms with E-state index in [0.29, 0.717) is 23.2 Å². The molecule has 0 spiro atoms. The van der Waals surface area contributed by atoms with Crippen molar-refractivity contribution in [1.29, 1.82) is 5.26 Å². The number of rotatable bonds is 0. The summed E-state index contributed by atoms with van der Waals surface area (Å²) in [6.07, 6.45) is 0. The van der Waals surface area contributed by atoms with Crippen molar-refractivity contribution in [2.24, 2.45) is 34.5 Å². The lowest BCUT2D eigenvalue weighted by Crippen LogP contribution is -2.53. The molecule has 4 atom stereocenters. The van der Waals surface area contributed by atoms with Crippen LogP contribution >= 0.6 is 0 Å². The maximum Gasteiger partial charge on any atom is 0.0661 e. The Hall–Kier alpha value is -0.510. The van der Waals surface area contributed by atoms with Crippen molar-refractivity contribution in [3.8, 4) is 6.07 Å². The predicted molar refractivity (Wildman–Crippen MR) is 64.2 cm³/mol. The zero-order valence-corrected chi connectivity index (χ0v) is 11.3. The Morgan fingerprint density at radius 1 is 0.867 bits per heavy atom. The van der Waals surface area contributed by atoms with Gasteiger partial charge in [-0.3, -0.25) is 0 Å². The molecule has 0 bridgehead atoms. The normalized spacial score (nSPS) is 43.3. The second-order valence-electron chi connectivity index (χ2n) is 6.53. The van der Waals surface area contributed by atoms with Gasteiger partial charge >= 0.3 is 0 Å².